The second kappa shape index (κ2) is 6.78. The van der Waals surface area contributed by atoms with Gasteiger partial charge in [0.05, 0.1) is 5.56 Å². The lowest BCUT2D eigenvalue weighted by atomic mass is 10.1. The molecule has 1 aromatic rings. The van der Waals surface area contributed by atoms with E-state index in [1.54, 1.807) is 18.2 Å². The minimum atomic E-state index is -0.451. The molecule has 1 rings (SSSR count). The largest absolute Gasteiger partial charge is 0.399 e. The molecule has 1 amide bonds. The number of anilines is 2. The highest BCUT2D eigenvalue weighted by Crippen LogP contribution is 2.18. The van der Waals surface area contributed by atoms with Crippen molar-refractivity contribution in [1.82, 2.24) is 0 Å². The number of hydrogen-bond acceptors (Lipinski definition) is 3. The predicted molar refractivity (Wildman–Crippen MR) is 72.0 cm³/mol. The minimum absolute atomic E-state index is 0.451. The van der Waals surface area contributed by atoms with Crippen LogP contribution >= 0.6 is 0 Å². The first-order valence-electron chi connectivity index (χ1n) is 6.08. The number of amides is 1. The summed E-state index contributed by atoms with van der Waals surface area (Å²) in [6.07, 6.45) is 4.75. The Morgan fingerprint density at radius 3 is 2.71 bits per heavy atom. The number of carbonyl (C=O) groups is 1. The summed E-state index contributed by atoms with van der Waals surface area (Å²) in [7, 11) is 0. The van der Waals surface area contributed by atoms with Gasteiger partial charge in [-0.1, -0.05) is 26.2 Å². The van der Waals surface area contributed by atoms with Gasteiger partial charge in [-0.2, -0.15) is 0 Å². The number of primary amides is 1. The first-order chi connectivity index (χ1) is 8.15. The van der Waals surface area contributed by atoms with Crippen molar-refractivity contribution < 1.29 is 4.79 Å². The summed E-state index contributed by atoms with van der Waals surface area (Å²) >= 11 is 0. The van der Waals surface area contributed by atoms with Gasteiger partial charge in [0.2, 0.25) is 0 Å². The summed E-state index contributed by atoms with van der Waals surface area (Å²) in [6, 6.07) is 5.17. The Balaban J connectivity index is 2.55. The quantitative estimate of drug-likeness (QED) is 0.501. The van der Waals surface area contributed by atoms with Gasteiger partial charge in [0.25, 0.3) is 5.91 Å². The van der Waals surface area contributed by atoms with Crippen LogP contribution in [0.25, 0.3) is 0 Å². The molecular formula is C13H21N3O. The van der Waals surface area contributed by atoms with E-state index in [1.165, 1.54) is 19.3 Å². The number of nitrogen functional groups attached to an aromatic ring is 1. The second-order valence-corrected chi connectivity index (χ2v) is 4.16. The van der Waals surface area contributed by atoms with Crippen LogP contribution in [0.3, 0.4) is 0 Å². The van der Waals surface area contributed by atoms with Crippen molar-refractivity contribution in [2.75, 3.05) is 17.6 Å². The van der Waals surface area contributed by atoms with Crippen molar-refractivity contribution in [1.29, 1.82) is 0 Å². The molecule has 1 aromatic carbocycles. The normalized spacial score (nSPS) is 10.2. The van der Waals surface area contributed by atoms with Crippen LogP contribution in [0.4, 0.5) is 11.4 Å². The molecule has 0 unspecified atom stereocenters. The average molecular weight is 235 g/mol. The molecule has 0 fully saturated rings. The lowest BCUT2D eigenvalue weighted by molar-refractivity contribution is 0.100. The molecule has 0 aliphatic carbocycles. The maximum absolute atomic E-state index is 11.2. The highest BCUT2D eigenvalue weighted by atomic mass is 16.1. The number of nitrogens with one attached hydrogen (secondary N) is 1. The first-order valence-corrected chi connectivity index (χ1v) is 6.08. The third-order valence-electron chi connectivity index (χ3n) is 2.65. The molecule has 4 nitrogen and oxygen atoms in total. The van der Waals surface area contributed by atoms with Crippen molar-refractivity contribution in [3.8, 4) is 0 Å². The Morgan fingerprint density at radius 1 is 1.29 bits per heavy atom. The molecular weight excluding hydrogens is 214 g/mol. The zero-order valence-electron chi connectivity index (χ0n) is 10.3. The van der Waals surface area contributed by atoms with Gasteiger partial charge in [-0.3, -0.25) is 4.79 Å². The van der Waals surface area contributed by atoms with Crippen LogP contribution in [0.5, 0.6) is 0 Å². The van der Waals surface area contributed by atoms with Crippen molar-refractivity contribution in [2.24, 2.45) is 5.73 Å². The molecule has 4 heteroatoms. The fourth-order valence-corrected chi connectivity index (χ4v) is 1.69. The van der Waals surface area contributed by atoms with E-state index in [4.69, 9.17) is 11.5 Å². The molecule has 0 aliphatic heterocycles. The van der Waals surface area contributed by atoms with E-state index >= 15 is 0 Å². The highest BCUT2D eigenvalue weighted by Gasteiger charge is 2.07. The fourth-order valence-electron chi connectivity index (χ4n) is 1.69. The summed E-state index contributed by atoms with van der Waals surface area (Å²) in [5.41, 5.74) is 12.7. The Morgan fingerprint density at radius 2 is 2.06 bits per heavy atom. The van der Waals surface area contributed by atoms with Gasteiger partial charge in [-0.05, 0) is 24.6 Å². The molecule has 0 spiro atoms. The predicted octanol–water partition coefficient (Wildman–Crippen LogP) is 2.36. The van der Waals surface area contributed by atoms with E-state index in [-0.39, 0.29) is 0 Å². The summed E-state index contributed by atoms with van der Waals surface area (Å²) in [5, 5.41) is 3.22. The van der Waals surface area contributed by atoms with Crippen LogP contribution < -0.4 is 16.8 Å². The van der Waals surface area contributed by atoms with Gasteiger partial charge in [-0.15, -0.1) is 0 Å². The van der Waals surface area contributed by atoms with Crippen LogP contribution in [-0.4, -0.2) is 12.5 Å². The molecule has 17 heavy (non-hydrogen) atoms. The summed E-state index contributed by atoms with van der Waals surface area (Å²) in [6.45, 7) is 3.03. The van der Waals surface area contributed by atoms with Crippen LogP contribution in [0.1, 0.15) is 43.0 Å². The number of rotatable bonds is 7. The number of nitrogens with two attached hydrogens (primary N) is 2. The topological polar surface area (TPSA) is 81.1 Å². The molecule has 0 heterocycles. The average Bonchev–Trinajstić information content (AvgIpc) is 2.30. The molecule has 0 saturated heterocycles. The van der Waals surface area contributed by atoms with E-state index < -0.39 is 5.91 Å². The fraction of sp³-hybridized carbons (Fsp3) is 0.462. The molecule has 0 aliphatic rings. The minimum Gasteiger partial charge on any atom is -0.399 e. The second-order valence-electron chi connectivity index (χ2n) is 4.16. The van der Waals surface area contributed by atoms with Gasteiger partial charge in [0.15, 0.2) is 0 Å². The standard InChI is InChI=1S/C13H21N3O/c1-2-3-4-5-8-16-12-7-6-10(14)9-11(12)13(15)17/h6-7,9,16H,2-5,8,14H2,1H3,(H2,15,17). The van der Waals surface area contributed by atoms with E-state index in [2.05, 4.69) is 12.2 Å². The Labute approximate surface area is 102 Å². The Bertz CT molecular complexity index is 377. The van der Waals surface area contributed by atoms with Crippen molar-refractivity contribution in [2.45, 2.75) is 32.6 Å². The van der Waals surface area contributed by atoms with E-state index in [0.29, 0.717) is 11.3 Å². The van der Waals surface area contributed by atoms with Crippen LogP contribution in [0.15, 0.2) is 18.2 Å². The van der Waals surface area contributed by atoms with Crippen LogP contribution in [0, 0.1) is 0 Å². The maximum Gasteiger partial charge on any atom is 0.250 e. The van der Waals surface area contributed by atoms with Gasteiger partial charge in [0.1, 0.15) is 0 Å². The summed E-state index contributed by atoms with van der Waals surface area (Å²) < 4.78 is 0. The van der Waals surface area contributed by atoms with Crippen molar-refractivity contribution in [3.05, 3.63) is 23.8 Å². The zero-order chi connectivity index (χ0) is 12.7. The van der Waals surface area contributed by atoms with Crippen molar-refractivity contribution >= 4 is 17.3 Å². The molecule has 0 saturated carbocycles. The van der Waals surface area contributed by atoms with Gasteiger partial charge < -0.3 is 16.8 Å². The smallest absolute Gasteiger partial charge is 0.250 e. The van der Waals surface area contributed by atoms with Crippen LogP contribution in [-0.2, 0) is 0 Å². The molecule has 0 atom stereocenters. The zero-order valence-corrected chi connectivity index (χ0v) is 10.3. The monoisotopic (exact) mass is 235 g/mol. The number of unbranched alkanes of at least 4 members (excludes halogenated alkanes) is 3. The lowest BCUT2D eigenvalue weighted by Gasteiger charge is -2.10. The SMILES string of the molecule is CCCCCCNc1ccc(N)cc1C(N)=O. The van der Waals surface area contributed by atoms with E-state index in [1.807, 2.05) is 0 Å². The molecule has 5 N–H and O–H groups in total. The van der Waals surface area contributed by atoms with Gasteiger partial charge in [-0.25, -0.2) is 0 Å². The van der Waals surface area contributed by atoms with Crippen LogP contribution in [0.2, 0.25) is 0 Å². The summed E-state index contributed by atoms with van der Waals surface area (Å²) in [5.74, 6) is -0.451. The third-order valence-corrected chi connectivity index (χ3v) is 2.65. The molecule has 0 radical (unpaired) electrons. The Kier molecular flexibility index (Phi) is 5.33. The number of carbonyl (C=O) groups excluding carboxylic acids is 1. The number of hydrogen-bond donors (Lipinski definition) is 3. The van der Waals surface area contributed by atoms with Gasteiger partial charge >= 0.3 is 0 Å². The van der Waals surface area contributed by atoms with E-state index in [9.17, 15) is 4.79 Å². The Hall–Kier alpha value is -1.71. The van der Waals surface area contributed by atoms with Gasteiger partial charge in [0, 0.05) is 17.9 Å². The molecule has 0 aromatic heterocycles. The maximum atomic E-state index is 11.2. The van der Waals surface area contributed by atoms with Crippen molar-refractivity contribution in [3.63, 3.8) is 0 Å². The molecule has 94 valence electrons. The van der Waals surface area contributed by atoms with E-state index in [0.717, 1.165) is 18.7 Å². The number of benzene rings is 1. The third kappa shape index (κ3) is 4.34. The molecule has 0 bridgehead atoms. The first kappa shape index (κ1) is 13.4. The highest BCUT2D eigenvalue weighted by molar-refractivity contribution is 5.99. The lowest BCUT2D eigenvalue weighted by Crippen LogP contribution is -2.15. The summed E-state index contributed by atoms with van der Waals surface area (Å²) in [4.78, 5) is 11.2.